The first-order valence-electron chi connectivity index (χ1n) is 4.82. The predicted molar refractivity (Wildman–Crippen MR) is 57.6 cm³/mol. The van der Waals surface area contributed by atoms with Crippen LogP contribution < -0.4 is 0 Å². The average Bonchev–Trinajstić information content (AvgIpc) is 2.49. The molecule has 0 bridgehead atoms. The summed E-state index contributed by atoms with van der Waals surface area (Å²) in [4.78, 5) is 12.9. The maximum Gasteiger partial charge on any atom is 0.409 e. The van der Waals surface area contributed by atoms with Gasteiger partial charge in [-0.15, -0.1) is 0 Å². The van der Waals surface area contributed by atoms with Gasteiger partial charge in [-0.2, -0.15) is 5.10 Å². The zero-order valence-corrected chi connectivity index (χ0v) is 9.98. The molecule has 82 valence electrons. The standard InChI is InChI=1S/C9H12BrN3O2/c1-2-15-9(14)12-5-8(6-12)13-4-7(10)3-11-13/h3-4,8H,2,5-6H2,1H3. The van der Waals surface area contributed by atoms with Crippen molar-refractivity contribution in [3.8, 4) is 0 Å². The van der Waals surface area contributed by atoms with Gasteiger partial charge in [0.1, 0.15) is 0 Å². The minimum atomic E-state index is -0.236. The molecule has 2 rings (SSSR count). The van der Waals surface area contributed by atoms with E-state index in [0.717, 1.165) is 4.47 Å². The SMILES string of the molecule is CCOC(=O)N1CC(n2cc(Br)cn2)C1. The molecule has 0 unspecified atom stereocenters. The Balaban J connectivity index is 1.85. The van der Waals surface area contributed by atoms with Crippen LogP contribution in [0.15, 0.2) is 16.9 Å². The molecular weight excluding hydrogens is 262 g/mol. The molecule has 1 aliphatic rings. The highest BCUT2D eigenvalue weighted by Crippen LogP contribution is 2.22. The Labute approximate surface area is 96.1 Å². The molecule has 0 radical (unpaired) electrons. The van der Waals surface area contributed by atoms with Crippen LogP contribution in [-0.4, -0.2) is 40.5 Å². The van der Waals surface area contributed by atoms with Crippen LogP contribution in [0.25, 0.3) is 0 Å². The van der Waals surface area contributed by atoms with E-state index in [1.807, 2.05) is 10.9 Å². The van der Waals surface area contributed by atoms with Crippen molar-refractivity contribution < 1.29 is 9.53 Å². The van der Waals surface area contributed by atoms with Crippen LogP contribution in [0.5, 0.6) is 0 Å². The summed E-state index contributed by atoms with van der Waals surface area (Å²) in [6, 6.07) is 0.278. The summed E-state index contributed by atoms with van der Waals surface area (Å²) in [7, 11) is 0. The van der Waals surface area contributed by atoms with E-state index in [4.69, 9.17) is 4.74 Å². The normalized spacial score (nSPS) is 16.3. The van der Waals surface area contributed by atoms with Crippen LogP contribution >= 0.6 is 15.9 Å². The van der Waals surface area contributed by atoms with Crippen molar-refractivity contribution in [3.05, 3.63) is 16.9 Å². The molecule has 0 aliphatic carbocycles. The third-order valence-electron chi connectivity index (χ3n) is 2.33. The van der Waals surface area contributed by atoms with Crippen molar-refractivity contribution in [2.45, 2.75) is 13.0 Å². The van der Waals surface area contributed by atoms with Crippen LogP contribution in [0, 0.1) is 0 Å². The minimum absolute atomic E-state index is 0.236. The van der Waals surface area contributed by atoms with Gasteiger partial charge in [0.05, 0.1) is 23.3 Å². The Hall–Kier alpha value is -1.04. The first kappa shape index (κ1) is 10.5. The quantitative estimate of drug-likeness (QED) is 0.824. The summed E-state index contributed by atoms with van der Waals surface area (Å²) >= 11 is 3.33. The smallest absolute Gasteiger partial charge is 0.409 e. The molecule has 1 amide bonds. The Morgan fingerprint density at radius 2 is 2.47 bits per heavy atom. The molecule has 1 fully saturated rings. The number of amides is 1. The van der Waals surface area contributed by atoms with E-state index in [1.165, 1.54) is 0 Å². The van der Waals surface area contributed by atoms with Gasteiger partial charge < -0.3 is 9.64 Å². The Bertz CT molecular complexity index is 360. The molecule has 1 aliphatic heterocycles. The van der Waals surface area contributed by atoms with Gasteiger partial charge >= 0.3 is 6.09 Å². The lowest BCUT2D eigenvalue weighted by molar-refractivity contribution is 0.0569. The Morgan fingerprint density at radius 1 is 1.73 bits per heavy atom. The number of carbonyl (C=O) groups is 1. The number of likely N-dealkylation sites (tertiary alicyclic amines) is 1. The third-order valence-corrected chi connectivity index (χ3v) is 2.74. The van der Waals surface area contributed by atoms with Gasteiger partial charge in [-0.25, -0.2) is 4.79 Å². The largest absolute Gasteiger partial charge is 0.450 e. The fourth-order valence-electron chi connectivity index (χ4n) is 1.50. The minimum Gasteiger partial charge on any atom is -0.450 e. The first-order chi connectivity index (χ1) is 7.20. The molecule has 0 aromatic carbocycles. The number of rotatable bonds is 2. The molecule has 1 aromatic heterocycles. The number of nitrogens with zero attached hydrogens (tertiary/aromatic N) is 3. The van der Waals surface area contributed by atoms with E-state index in [9.17, 15) is 4.79 Å². The molecule has 1 saturated heterocycles. The van der Waals surface area contributed by atoms with Crippen molar-refractivity contribution in [1.82, 2.24) is 14.7 Å². The molecule has 0 N–H and O–H groups in total. The highest BCUT2D eigenvalue weighted by molar-refractivity contribution is 9.10. The maximum absolute atomic E-state index is 11.3. The summed E-state index contributed by atoms with van der Waals surface area (Å²) in [5, 5.41) is 4.17. The predicted octanol–water partition coefficient (Wildman–Crippen LogP) is 1.66. The maximum atomic E-state index is 11.3. The zero-order valence-electron chi connectivity index (χ0n) is 8.39. The van der Waals surface area contributed by atoms with Crippen molar-refractivity contribution in [2.24, 2.45) is 0 Å². The summed E-state index contributed by atoms with van der Waals surface area (Å²) in [5.74, 6) is 0. The van der Waals surface area contributed by atoms with Crippen LogP contribution in [0.1, 0.15) is 13.0 Å². The molecule has 15 heavy (non-hydrogen) atoms. The molecule has 0 atom stereocenters. The lowest BCUT2D eigenvalue weighted by Gasteiger charge is -2.38. The van der Waals surface area contributed by atoms with E-state index in [2.05, 4.69) is 21.0 Å². The van der Waals surface area contributed by atoms with Gasteiger partial charge in [-0.05, 0) is 22.9 Å². The number of aromatic nitrogens is 2. The van der Waals surface area contributed by atoms with Crippen molar-refractivity contribution in [1.29, 1.82) is 0 Å². The van der Waals surface area contributed by atoms with E-state index in [1.54, 1.807) is 18.0 Å². The lowest BCUT2D eigenvalue weighted by Crippen LogP contribution is -2.51. The number of carbonyl (C=O) groups excluding carboxylic acids is 1. The molecular formula is C9H12BrN3O2. The Kier molecular flexibility index (Phi) is 2.95. The molecule has 5 nitrogen and oxygen atoms in total. The number of halogens is 1. The fourth-order valence-corrected chi connectivity index (χ4v) is 1.80. The van der Waals surface area contributed by atoms with Crippen LogP contribution in [0.3, 0.4) is 0 Å². The van der Waals surface area contributed by atoms with Crippen molar-refractivity contribution >= 4 is 22.0 Å². The second-order valence-corrected chi connectivity index (χ2v) is 4.31. The number of hydrogen-bond donors (Lipinski definition) is 0. The molecule has 6 heteroatoms. The topological polar surface area (TPSA) is 47.4 Å². The average molecular weight is 274 g/mol. The molecule has 2 heterocycles. The van der Waals surface area contributed by atoms with Gasteiger partial charge in [0.2, 0.25) is 0 Å². The van der Waals surface area contributed by atoms with Crippen molar-refractivity contribution in [3.63, 3.8) is 0 Å². The summed E-state index contributed by atoms with van der Waals surface area (Å²) in [6.45, 7) is 3.58. The van der Waals surface area contributed by atoms with Crippen LogP contribution in [0.2, 0.25) is 0 Å². The van der Waals surface area contributed by atoms with E-state index in [-0.39, 0.29) is 12.1 Å². The van der Waals surface area contributed by atoms with E-state index >= 15 is 0 Å². The highest BCUT2D eigenvalue weighted by Gasteiger charge is 2.33. The second-order valence-electron chi connectivity index (χ2n) is 3.40. The summed E-state index contributed by atoms with van der Waals surface area (Å²) in [6.07, 6.45) is 3.42. The van der Waals surface area contributed by atoms with Gasteiger partial charge in [0.15, 0.2) is 0 Å². The molecule has 0 spiro atoms. The van der Waals surface area contributed by atoms with Gasteiger partial charge in [0.25, 0.3) is 0 Å². The lowest BCUT2D eigenvalue weighted by atomic mass is 10.1. The molecule has 1 aromatic rings. The van der Waals surface area contributed by atoms with Gasteiger partial charge in [-0.1, -0.05) is 0 Å². The third kappa shape index (κ3) is 2.14. The first-order valence-corrected chi connectivity index (χ1v) is 5.61. The molecule has 0 saturated carbocycles. The Morgan fingerprint density at radius 3 is 3.00 bits per heavy atom. The number of ether oxygens (including phenoxy) is 1. The van der Waals surface area contributed by atoms with Crippen molar-refractivity contribution in [2.75, 3.05) is 19.7 Å². The number of hydrogen-bond acceptors (Lipinski definition) is 3. The fraction of sp³-hybridized carbons (Fsp3) is 0.556. The zero-order chi connectivity index (χ0) is 10.8. The highest BCUT2D eigenvalue weighted by atomic mass is 79.9. The van der Waals surface area contributed by atoms with E-state index in [0.29, 0.717) is 19.7 Å². The monoisotopic (exact) mass is 273 g/mol. The van der Waals surface area contributed by atoms with Gasteiger partial charge in [-0.3, -0.25) is 4.68 Å². The van der Waals surface area contributed by atoms with E-state index < -0.39 is 0 Å². The summed E-state index contributed by atoms with van der Waals surface area (Å²) in [5.41, 5.74) is 0. The second kappa shape index (κ2) is 4.22. The van der Waals surface area contributed by atoms with Crippen LogP contribution in [0.4, 0.5) is 4.79 Å². The van der Waals surface area contributed by atoms with Gasteiger partial charge in [0, 0.05) is 19.3 Å². The summed E-state index contributed by atoms with van der Waals surface area (Å²) < 4.78 is 7.70. The van der Waals surface area contributed by atoms with Crippen LogP contribution in [-0.2, 0) is 4.74 Å².